The van der Waals surface area contributed by atoms with Crippen molar-refractivity contribution in [1.82, 2.24) is 4.98 Å². The lowest BCUT2D eigenvalue weighted by Gasteiger charge is -2.01. The van der Waals surface area contributed by atoms with E-state index in [9.17, 15) is 4.79 Å². The lowest BCUT2D eigenvalue weighted by molar-refractivity contribution is 0.0594. The van der Waals surface area contributed by atoms with Crippen molar-refractivity contribution in [2.24, 2.45) is 5.92 Å². The van der Waals surface area contributed by atoms with E-state index >= 15 is 0 Å². The van der Waals surface area contributed by atoms with Crippen LogP contribution < -0.4 is 0 Å². The van der Waals surface area contributed by atoms with Crippen LogP contribution in [0, 0.1) is 5.92 Å². The highest BCUT2D eigenvalue weighted by Gasteiger charge is 2.11. The van der Waals surface area contributed by atoms with Gasteiger partial charge in [-0.05, 0) is 32.6 Å². The Kier molecular flexibility index (Phi) is 7.97. The summed E-state index contributed by atoms with van der Waals surface area (Å²) in [6, 6.07) is 0. The Balaban J connectivity index is 2.35. The number of rotatable bonds is 8. The molecule has 0 aromatic carbocycles. The summed E-state index contributed by atoms with van der Waals surface area (Å²) >= 11 is 0. The Morgan fingerprint density at radius 3 is 2.91 bits per heavy atom. The van der Waals surface area contributed by atoms with Crippen molar-refractivity contribution in [3.63, 3.8) is 0 Å². The number of aromatic nitrogens is 1. The van der Waals surface area contributed by atoms with Gasteiger partial charge in [-0.1, -0.05) is 42.9 Å². The van der Waals surface area contributed by atoms with Gasteiger partial charge in [-0.25, -0.2) is 9.78 Å². The molecule has 1 aromatic rings. The molecule has 120 valence electrons. The van der Waals surface area contributed by atoms with Crippen LogP contribution in [0.5, 0.6) is 0 Å². The zero-order chi connectivity index (χ0) is 16.4. The number of ether oxygens (including phenoxy) is 1. The first-order valence-electron chi connectivity index (χ1n) is 7.54. The summed E-state index contributed by atoms with van der Waals surface area (Å²) in [5, 5.41) is 0. The third-order valence-corrected chi connectivity index (χ3v) is 3.12. The molecule has 0 radical (unpaired) electrons. The highest BCUT2D eigenvalue weighted by atomic mass is 16.5. The lowest BCUT2D eigenvalue weighted by atomic mass is 10.1. The summed E-state index contributed by atoms with van der Waals surface area (Å²) < 4.78 is 9.81. The quantitative estimate of drug-likeness (QED) is 0.524. The second-order valence-electron chi connectivity index (χ2n) is 5.23. The van der Waals surface area contributed by atoms with Gasteiger partial charge < -0.3 is 9.15 Å². The smallest absolute Gasteiger partial charge is 0.360 e. The molecule has 1 rings (SSSR count). The topological polar surface area (TPSA) is 52.3 Å². The summed E-state index contributed by atoms with van der Waals surface area (Å²) in [6.45, 7) is 6.35. The Hall–Kier alpha value is -2.10. The second-order valence-corrected chi connectivity index (χ2v) is 5.23. The standard InChI is InChI=1S/C18H25NO3/c1-5-9-14(2)12-15(3)10-7-6-8-11-17-19-16(13-22-17)18(20)21-4/h5-7,9,12-14H,8,10-11H2,1-4H3/b7-6+,9-5+,15-12-/t14-/m1/s1. The predicted octanol–water partition coefficient (Wildman–Crippen LogP) is 4.50. The number of allylic oxidation sites excluding steroid dienone is 6. The molecule has 22 heavy (non-hydrogen) atoms. The van der Waals surface area contributed by atoms with Crippen molar-refractivity contribution in [2.75, 3.05) is 7.11 Å². The van der Waals surface area contributed by atoms with Gasteiger partial charge in [-0.3, -0.25) is 0 Å². The number of carbonyl (C=O) groups excluding carboxylic acids is 1. The van der Waals surface area contributed by atoms with E-state index in [1.807, 2.05) is 6.92 Å². The minimum Gasteiger partial charge on any atom is -0.464 e. The minimum absolute atomic E-state index is 0.221. The zero-order valence-electron chi connectivity index (χ0n) is 13.8. The number of oxazole rings is 1. The van der Waals surface area contributed by atoms with E-state index in [0.29, 0.717) is 18.2 Å². The number of esters is 1. The zero-order valence-corrected chi connectivity index (χ0v) is 13.8. The van der Waals surface area contributed by atoms with E-state index in [4.69, 9.17) is 4.42 Å². The average molecular weight is 303 g/mol. The largest absolute Gasteiger partial charge is 0.464 e. The van der Waals surface area contributed by atoms with Crippen LogP contribution in [-0.2, 0) is 11.2 Å². The van der Waals surface area contributed by atoms with Gasteiger partial charge in [-0.2, -0.15) is 0 Å². The van der Waals surface area contributed by atoms with Gasteiger partial charge in [0.15, 0.2) is 11.6 Å². The van der Waals surface area contributed by atoms with Gasteiger partial charge in [0.25, 0.3) is 0 Å². The van der Waals surface area contributed by atoms with Crippen LogP contribution in [0.4, 0.5) is 0 Å². The monoisotopic (exact) mass is 303 g/mol. The van der Waals surface area contributed by atoms with Crippen LogP contribution in [0.15, 0.2) is 46.6 Å². The van der Waals surface area contributed by atoms with Crippen molar-refractivity contribution in [2.45, 2.75) is 40.0 Å². The molecule has 0 aliphatic rings. The highest BCUT2D eigenvalue weighted by Crippen LogP contribution is 2.10. The van der Waals surface area contributed by atoms with Gasteiger partial charge in [0.1, 0.15) is 6.26 Å². The second kappa shape index (κ2) is 9.77. The number of hydrogen-bond acceptors (Lipinski definition) is 4. The first kappa shape index (κ1) is 18.0. The van der Waals surface area contributed by atoms with E-state index in [2.05, 4.69) is 53.9 Å². The van der Waals surface area contributed by atoms with E-state index in [-0.39, 0.29) is 5.69 Å². The summed E-state index contributed by atoms with van der Waals surface area (Å²) in [4.78, 5) is 15.3. The molecule has 1 heterocycles. The van der Waals surface area contributed by atoms with Crippen LogP contribution in [-0.4, -0.2) is 18.1 Å². The van der Waals surface area contributed by atoms with Gasteiger partial charge >= 0.3 is 5.97 Å². The summed E-state index contributed by atoms with van der Waals surface area (Å²) in [5.74, 6) is 0.558. The minimum atomic E-state index is -0.471. The lowest BCUT2D eigenvalue weighted by Crippen LogP contribution is -2.01. The molecule has 1 atom stereocenters. The van der Waals surface area contributed by atoms with Crippen molar-refractivity contribution in [3.05, 3.63) is 53.8 Å². The first-order valence-corrected chi connectivity index (χ1v) is 7.54. The van der Waals surface area contributed by atoms with Gasteiger partial charge in [0.05, 0.1) is 7.11 Å². The molecule has 0 fully saturated rings. The molecule has 0 spiro atoms. The molecular weight excluding hydrogens is 278 g/mol. The van der Waals surface area contributed by atoms with E-state index in [1.54, 1.807) is 0 Å². The van der Waals surface area contributed by atoms with Crippen LogP contribution in [0.1, 0.15) is 50.0 Å². The predicted molar refractivity (Wildman–Crippen MR) is 87.7 cm³/mol. The third kappa shape index (κ3) is 6.57. The number of methoxy groups -OCH3 is 1. The van der Waals surface area contributed by atoms with Crippen molar-refractivity contribution in [3.8, 4) is 0 Å². The molecule has 0 aliphatic heterocycles. The number of carbonyl (C=O) groups is 1. The molecule has 0 saturated carbocycles. The number of aryl methyl sites for hydroxylation is 1. The molecule has 0 aliphatic carbocycles. The maximum absolute atomic E-state index is 11.2. The summed E-state index contributed by atoms with van der Waals surface area (Å²) in [6.07, 6.45) is 14.6. The Morgan fingerprint density at radius 2 is 2.23 bits per heavy atom. The highest BCUT2D eigenvalue weighted by molar-refractivity contribution is 5.86. The van der Waals surface area contributed by atoms with Gasteiger partial charge in [-0.15, -0.1) is 0 Å². The average Bonchev–Trinajstić information content (AvgIpc) is 2.95. The number of hydrogen-bond donors (Lipinski definition) is 0. The Bertz CT molecular complexity index is 552. The Labute approximate surface area is 132 Å². The maximum Gasteiger partial charge on any atom is 0.360 e. The van der Waals surface area contributed by atoms with Crippen molar-refractivity contribution < 1.29 is 13.9 Å². The number of nitrogens with zero attached hydrogens (tertiary/aromatic N) is 1. The van der Waals surface area contributed by atoms with E-state index in [1.165, 1.54) is 18.9 Å². The van der Waals surface area contributed by atoms with Gasteiger partial charge in [0, 0.05) is 6.42 Å². The fourth-order valence-corrected chi connectivity index (χ4v) is 2.09. The van der Waals surface area contributed by atoms with Gasteiger partial charge in [0.2, 0.25) is 0 Å². The fourth-order valence-electron chi connectivity index (χ4n) is 2.09. The third-order valence-electron chi connectivity index (χ3n) is 3.12. The molecule has 0 bridgehead atoms. The van der Waals surface area contributed by atoms with Crippen LogP contribution >= 0.6 is 0 Å². The van der Waals surface area contributed by atoms with Crippen molar-refractivity contribution in [1.29, 1.82) is 0 Å². The first-order chi connectivity index (χ1) is 10.6. The molecule has 0 unspecified atom stereocenters. The SMILES string of the molecule is C/C=C/[C@@H](C)/C=C(/C)C/C=C/CCc1nc(C(=O)OC)co1. The fraction of sp³-hybridized carbons (Fsp3) is 0.444. The van der Waals surface area contributed by atoms with E-state index in [0.717, 1.165) is 12.8 Å². The van der Waals surface area contributed by atoms with Crippen LogP contribution in [0.2, 0.25) is 0 Å². The van der Waals surface area contributed by atoms with Crippen molar-refractivity contribution >= 4 is 5.97 Å². The Morgan fingerprint density at radius 1 is 1.45 bits per heavy atom. The van der Waals surface area contributed by atoms with Crippen LogP contribution in [0.25, 0.3) is 0 Å². The molecule has 4 heteroatoms. The maximum atomic E-state index is 11.2. The molecule has 0 N–H and O–H groups in total. The molecule has 1 aromatic heterocycles. The summed E-state index contributed by atoms with van der Waals surface area (Å²) in [5.41, 5.74) is 1.57. The van der Waals surface area contributed by atoms with Crippen LogP contribution in [0.3, 0.4) is 0 Å². The molecule has 0 saturated heterocycles. The molecule has 4 nitrogen and oxygen atoms in total. The molecule has 0 amide bonds. The normalized spacial score (nSPS) is 13.9. The van der Waals surface area contributed by atoms with E-state index < -0.39 is 5.97 Å². The summed E-state index contributed by atoms with van der Waals surface area (Å²) in [7, 11) is 1.33. The molecular formula is C18H25NO3.